The lowest BCUT2D eigenvalue weighted by Crippen LogP contribution is -2.09. The highest BCUT2D eigenvalue weighted by atomic mass is 15.1. The summed E-state index contributed by atoms with van der Waals surface area (Å²) in [6.45, 7) is 4.29. The first-order valence-corrected chi connectivity index (χ1v) is 15.6. The highest BCUT2D eigenvalue weighted by Gasteiger charge is 2.17. The van der Waals surface area contributed by atoms with Crippen molar-refractivity contribution in [3.05, 3.63) is 169 Å². The standard InChI is InChI=1S/C42H32N4/c1-29-27-38(42-43-24-11-25-44-42)30(2)26-37(29)31-18-20-34(21-19-31)46-40-17-10-9-16-36(40)39-28-35(22-23-41(39)46)45(32-12-5-3-6-13-32)33-14-7-4-8-15-33/h3-28H,1-2H3. The molecule has 4 heteroatoms. The van der Waals surface area contributed by atoms with Crippen molar-refractivity contribution in [3.8, 4) is 28.2 Å². The molecule has 46 heavy (non-hydrogen) atoms. The maximum Gasteiger partial charge on any atom is 0.159 e. The van der Waals surface area contributed by atoms with Crippen LogP contribution < -0.4 is 4.90 Å². The van der Waals surface area contributed by atoms with E-state index in [1.807, 2.05) is 6.07 Å². The van der Waals surface area contributed by atoms with Crippen molar-refractivity contribution in [2.24, 2.45) is 0 Å². The van der Waals surface area contributed by atoms with Crippen molar-refractivity contribution < 1.29 is 0 Å². The number of aromatic nitrogens is 3. The Labute approximate surface area is 268 Å². The van der Waals surface area contributed by atoms with Gasteiger partial charge in [-0.1, -0.05) is 72.8 Å². The monoisotopic (exact) mass is 592 g/mol. The third kappa shape index (κ3) is 4.81. The van der Waals surface area contributed by atoms with Crippen LogP contribution in [0.5, 0.6) is 0 Å². The van der Waals surface area contributed by atoms with E-state index in [1.165, 1.54) is 38.5 Å². The van der Waals surface area contributed by atoms with Crippen LogP contribution in [-0.4, -0.2) is 14.5 Å². The number of hydrogen-bond acceptors (Lipinski definition) is 3. The normalized spacial score (nSPS) is 11.3. The van der Waals surface area contributed by atoms with Crippen LogP contribution in [0.3, 0.4) is 0 Å². The smallest absolute Gasteiger partial charge is 0.159 e. The lowest BCUT2D eigenvalue weighted by molar-refractivity contribution is 1.16. The molecule has 0 bridgehead atoms. The molecule has 8 aromatic rings. The van der Waals surface area contributed by atoms with Gasteiger partial charge in [-0.15, -0.1) is 0 Å². The minimum atomic E-state index is 0.759. The van der Waals surface area contributed by atoms with Crippen LogP contribution in [0, 0.1) is 13.8 Å². The SMILES string of the molecule is Cc1cc(-c2ncccn2)c(C)cc1-c1ccc(-n2c3ccccc3c3cc(N(c4ccccc4)c4ccccc4)ccc32)cc1. The van der Waals surface area contributed by atoms with Gasteiger partial charge in [0.1, 0.15) is 0 Å². The zero-order chi connectivity index (χ0) is 31.0. The number of para-hydroxylation sites is 3. The van der Waals surface area contributed by atoms with E-state index >= 15 is 0 Å². The van der Waals surface area contributed by atoms with E-state index in [1.54, 1.807) is 12.4 Å². The Bertz CT molecular complexity index is 2270. The fourth-order valence-electron chi connectivity index (χ4n) is 6.58. The quantitative estimate of drug-likeness (QED) is 0.193. The Kier molecular flexibility index (Phi) is 6.88. The molecule has 0 aliphatic heterocycles. The third-order valence-corrected chi connectivity index (χ3v) is 8.76. The summed E-state index contributed by atoms with van der Waals surface area (Å²) in [5.41, 5.74) is 12.7. The topological polar surface area (TPSA) is 34.0 Å². The lowest BCUT2D eigenvalue weighted by atomic mass is 9.94. The van der Waals surface area contributed by atoms with Crippen LogP contribution in [0.2, 0.25) is 0 Å². The van der Waals surface area contributed by atoms with Gasteiger partial charge >= 0.3 is 0 Å². The van der Waals surface area contributed by atoms with Crippen molar-refractivity contribution >= 4 is 38.9 Å². The van der Waals surface area contributed by atoms with E-state index in [0.29, 0.717) is 0 Å². The highest BCUT2D eigenvalue weighted by Crippen LogP contribution is 2.40. The van der Waals surface area contributed by atoms with Crippen LogP contribution in [0.25, 0.3) is 50.0 Å². The summed E-state index contributed by atoms with van der Waals surface area (Å²) >= 11 is 0. The van der Waals surface area contributed by atoms with Crippen molar-refractivity contribution in [1.29, 1.82) is 0 Å². The molecule has 6 aromatic carbocycles. The van der Waals surface area contributed by atoms with Gasteiger partial charge in [0.2, 0.25) is 0 Å². The Hall–Kier alpha value is -6.00. The second kappa shape index (κ2) is 11.5. The molecule has 0 amide bonds. The number of fused-ring (bicyclic) bond motifs is 3. The van der Waals surface area contributed by atoms with E-state index < -0.39 is 0 Å². The summed E-state index contributed by atoms with van der Waals surface area (Å²) in [4.78, 5) is 11.3. The molecular weight excluding hydrogens is 560 g/mol. The molecule has 0 aliphatic rings. The maximum atomic E-state index is 4.47. The van der Waals surface area contributed by atoms with Crippen molar-refractivity contribution in [3.63, 3.8) is 0 Å². The van der Waals surface area contributed by atoms with Gasteiger partial charge in [-0.3, -0.25) is 0 Å². The molecule has 2 heterocycles. The Morgan fingerprint density at radius 3 is 1.76 bits per heavy atom. The van der Waals surface area contributed by atoms with Crippen molar-refractivity contribution in [2.45, 2.75) is 13.8 Å². The molecule has 8 rings (SSSR count). The van der Waals surface area contributed by atoms with Gasteiger partial charge in [-0.2, -0.15) is 0 Å². The zero-order valence-corrected chi connectivity index (χ0v) is 25.8. The number of anilines is 3. The van der Waals surface area contributed by atoms with Crippen molar-refractivity contribution in [2.75, 3.05) is 4.90 Å². The van der Waals surface area contributed by atoms with Gasteiger partial charge in [-0.05, 0) is 109 Å². The summed E-state index contributed by atoms with van der Waals surface area (Å²) in [7, 11) is 0. The molecule has 0 unspecified atom stereocenters. The Morgan fingerprint density at radius 1 is 0.478 bits per heavy atom. The summed E-state index contributed by atoms with van der Waals surface area (Å²) < 4.78 is 2.38. The van der Waals surface area contributed by atoms with Gasteiger partial charge in [0.05, 0.1) is 11.0 Å². The number of aryl methyl sites for hydroxylation is 2. The van der Waals surface area contributed by atoms with Crippen LogP contribution in [0.1, 0.15) is 11.1 Å². The predicted octanol–water partition coefficient (Wildman–Crippen LogP) is 11.0. The first kappa shape index (κ1) is 27.5. The second-order valence-corrected chi connectivity index (χ2v) is 11.7. The van der Waals surface area contributed by atoms with Crippen LogP contribution in [-0.2, 0) is 0 Å². The Balaban J connectivity index is 1.22. The first-order valence-electron chi connectivity index (χ1n) is 15.6. The average Bonchev–Trinajstić information content (AvgIpc) is 3.44. The van der Waals surface area contributed by atoms with Crippen LogP contribution >= 0.6 is 0 Å². The molecule has 0 spiro atoms. The molecule has 0 saturated heterocycles. The summed E-state index contributed by atoms with van der Waals surface area (Å²) in [5.74, 6) is 0.759. The number of rotatable bonds is 6. The highest BCUT2D eigenvalue weighted by molar-refractivity contribution is 6.10. The van der Waals surface area contributed by atoms with E-state index in [-0.39, 0.29) is 0 Å². The zero-order valence-electron chi connectivity index (χ0n) is 25.8. The van der Waals surface area contributed by atoms with Crippen molar-refractivity contribution in [1.82, 2.24) is 14.5 Å². The summed E-state index contributed by atoms with van der Waals surface area (Å²) in [6, 6.07) is 51.9. The molecule has 4 nitrogen and oxygen atoms in total. The van der Waals surface area contributed by atoms with Gasteiger partial charge in [0.15, 0.2) is 5.82 Å². The summed E-state index contributed by atoms with van der Waals surface area (Å²) in [5, 5.41) is 2.45. The second-order valence-electron chi connectivity index (χ2n) is 11.7. The van der Waals surface area contributed by atoms with Gasteiger partial charge in [0, 0.05) is 51.5 Å². The number of benzene rings is 6. The molecule has 0 fully saturated rings. The molecule has 0 N–H and O–H groups in total. The largest absolute Gasteiger partial charge is 0.310 e. The molecule has 220 valence electrons. The third-order valence-electron chi connectivity index (χ3n) is 8.76. The average molecular weight is 593 g/mol. The lowest BCUT2D eigenvalue weighted by Gasteiger charge is -2.25. The maximum absolute atomic E-state index is 4.47. The van der Waals surface area contributed by atoms with E-state index in [9.17, 15) is 0 Å². The van der Waals surface area contributed by atoms with E-state index in [0.717, 1.165) is 39.7 Å². The molecule has 0 aliphatic carbocycles. The fraction of sp³-hybridized carbons (Fsp3) is 0.0476. The number of nitrogens with zero attached hydrogens (tertiary/aromatic N) is 4. The molecule has 0 atom stereocenters. The molecule has 2 aromatic heterocycles. The summed E-state index contributed by atoms with van der Waals surface area (Å²) in [6.07, 6.45) is 3.59. The van der Waals surface area contributed by atoms with Crippen LogP contribution in [0.4, 0.5) is 17.1 Å². The molecular formula is C42H32N4. The Morgan fingerprint density at radius 2 is 1.07 bits per heavy atom. The van der Waals surface area contributed by atoms with Crippen LogP contribution in [0.15, 0.2) is 158 Å². The molecule has 0 radical (unpaired) electrons. The van der Waals surface area contributed by atoms with Gasteiger partial charge < -0.3 is 9.47 Å². The van der Waals surface area contributed by atoms with E-state index in [2.05, 4.69) is 173 Å². The minimum Gasteiger partial charge on any atom is -0.310 e. The van der Waals surface area contributed by atoms with E-state index in [4.69, 9.17) is 0 Å². The van der Waals surface area contributed by atoms with Gasteiger partial charge in [0.25, 0.3) is 0 Å². The minimum absolute atomic E-state index is 0.759. The predicted molar refractivity (Wildman–Crippen MR) is 191 cm³/mol. The molecule has 0 saturated carbocycles. The number of hydrogen-bond donors (Lipinski definition) is 0. The fourth-order valence-corrected chi connectivity index (χ4v) is 6.58. The van der Waals surface area contributed by atoms with Gasteiger partial charge in [-0.25, -0.2) is 9.97 Å². The first-order chi connectivity index (χ1) is 22.7.